The van der Waals surface area contributed by atoms with Crippen LogP contribution in [-0.2, 0) is 13.1 Å². The zero-order chi connectivity index (χ0) is 14.9. The van der Waals surface area contributed by atoms with Gasteiger partial charge in [-0.15, -0.1) is 0 Å². The minimum atomic E-state index is 0.595. The van der Waals surface area contributed by atoms with Gasteiger partial charge in [-0.05, 0) is 54.7 Å². The third-order valence-electron chi connectivity index (χ3n) is 5.30. The molecule has 6 heteroatoms. The largest absolute Gasteiger partial charge is 0.299 e. The fourth-order valence-electron chi connectivity index (χ4n) is 4.18. The van der Waals surface area contributed by atoms with Gasteiger partial charge in [0.15, 0.2) is 0 Å². The maximum Gasteiger partial charge on any atom is 0.137 e. The minimum Gasteiger partial charge on any atom is -0.299 e. The van der Waals surface area contributed by atoms with E-state index in [9.17, 15) is 0 Å². The molecule has 2 aromatic rings. The van der Waals surface area contributed by atoms with Crippen molar-refractivity contribution in [3.05, 3.63) is 35.0 Å². The van der Waals surface area contributed by atoms with Crippen molar-refractivity contribution in [3.63, 3.8) is 0 Å². The number of hydrogen-bond acceptors (Lipinski definition) is 5. The number of thiophene rings is 1. The fraction of sp³-hybridized carbons (Fsp3) is 0.625. The summed E-state index contributed by atoms with van der Waals surface area (Å²) in [6.45, 7) is 4.54. The first-order valence-electron chi connectivity index (χ1n) is 8.07. The van der Waals surface area contributed by atoms with Gasteiger partial charge in [-0.1, -0.05) is 0 Å². The molecule has 3 atom stereocenters. The molecule has 2 saturated heterocycles. The van der Waals surface area contributed by atoms with E-state index >= 15 is 0 Å². The van der Waals surface area contributed by atoms with E-state index in [1.165, 1.54) is 31.5 Å². The van der Waals surface area contributed by atoms with E-state index in [-0.39, 0.29) is 0 Å². The molecule has 0 saturated carbocycles. The Hall–Kier alpha value is -1.24. The van der Waals surface area contributed by atoms with E-state index in [2.05, 4.69) is 43.8 Å². The third-order valence-corrected chi connectivity index (χ3v) is 6.03. The van der Waals surface area contributed by atoms with Gasteiger partial charge in [-0.25, -0.2) is 4.98 Å². The molecule has 118 valence electrons. The summed E-state index contributed by atoms with van der Waals surface area (Å²) >= 11 is 1.80. The third kappa shape index (κ3) is 2.83. The van der Waals surface area contributed by atoms with Gasteiger partial charge in [0.05, 0.1) is 6.54 Å². The average Bonchev–Trinajstić information content (AvgIpc) is 3.24. The van der Waals surface area contributed by atoms with Crippen molar-refractivity contribution >= 4 is 11.3 Å². The van der Waals surface area contributed by atoms with Gasteiger partial charge in [-0.3, -0.25) is 14.5 Å². The molecule has 0 aliphatic carbocycles. The van der Waals surface area contributed by atoms with Gasteiger partial charge >= 0.3 is 0 Å². The molecule has 4 rings (SSSR count). The Balaban J connectivity index is 1.38. The number of likely N-dealkylation sites (N-methyl/N-ethyl adjacent to an activating group) is 1. The van der Waals surface area contributed by atoms with Crippen molar-refractivity contribution in [2.24, 2.45) is 5.92 Å². The summed E-state index contributed by atoms with van der Waals surface area (Å²) in [6.07, 6.45) is 6.03. The van der Waals surface area contributed by atoms with Crippen LogP contribution in [0.4, 0.5) is 0 Å². The Labute approximate surface area is 135 Å². The molecule has 2 fully saturated rings. The summed E-state index contributed by atoms with van der Waals surface area (Å²) in [7, 11) is 2.29. The Morgan fingerprint density at radius 2 is 2.36 bits per heavy atom. The first-order valence-corrected chi connectivity index (χ1v) is 9.01. The highest BCUT2D eigenvalue weighted by Gasteiger charge is 2.41. The highest BCUT2D eigenvalue weighted by Crippen LogP contribution is 2.35. The quantitative estimate of drug-likeness (QED) is 0.863. The van der Waals surface area contributed by atoms with E-state index in [1.54, 1.807) is 17.7 Å². The van der Waals surface area contributed by atoms with Crippen LogP contribution in [0.3, 0.4) is 0 Å². The van der Waals surface area contributed by atoms with Crippen molar-refractivity contribution in [1.29, 1.82) is 0 Å². The van der Waals surface area contributed by atoms with E-state index in [0.717, 1.165) is 25.0 Å². The van der Waals surface area contributed by atoms with Crippen LogP contribution < -0.4 is 0 Å². The molecule has 0 spiro atoms. The molecule has 0 aromatic carbocycles. The number of piperidine rings is 1. The normalized spacial score (nSPS) is 29.8. The van der Waals surface area contributed by atoms with Crippen molar-refractivity contribution in [2.45, 2.75) is 38.0 Å². The lowest BCUT2D eigenvalue weighted by atomic mass is 9.92. The molecular formula is C16H23N5S. The van der Waals surface area contributed by atoms with Crippen LogP contribution in [0.25, 0.3) is 0 Å². The van der Waals surface area contributed by atoms with Crippen molar-refractivity contribution < 1.29 is 0 Å². The predicted molar refractivity (Wildman–Crippen MR) is 87.7 cm³/mol. The summed E-state index contributed by atoms with van der Waals surface area (Å²) in [5, 5.41) is 8.72. The van der Waals surface area contributed by atoms with Crippen molar-refractivity contribution in [3.8, 4) is 0 Å². The first-order chi connectivity index (χ1) is 10.8. The summed E-state index contributed by atoms with van der Waals surface area (Å²) in [4.78, 5) is 9.29. The smallest absolute Gasteiger partial charge is 0.137 e. The number of aromatic nitrogens is 3. The first kappa shape index (κ1) is 14.4. The molecule has 0 radical (unpaired) electrons. The molecule has 2 unspecified atom stereocenters. The number of hydrogen-bond donors (Lipinski definition) is 0. The van der Waals surface area contributed by atoms with Crippen molar-refractivity contribution in [2.75, 3.05) is 20.1 Å². The zero-order valence-corrected chi connectivity index (χ0v) is 13.8. The van der Waals surface area contributed by atoms with E-state index < -0.39 is 0 Å². The van der Waals surface area contributed by atoms with Gasteiger partial charge in [0.1, 0.15) is 12.7 Å². The molecule has 2 aliphatic rings. The van der Waals surface area contributed by atoms with Crippen LogP contribution in [0.5, 0.6) is 0 Å². The molecule has 2 aromatic heterocycles. The molecule has 2 aliphatic heterocycles. The summed E-state index contributed by atoms with van der Waals surface area (Å²) in [5.41, 5.74) is 1.47. The molecule has 0 amide bonds. The number of nitrogens with zero attached hydrogens (tertiary/aromatic N) is 5. The van der Waals surface area contributed by atoms with Crippen LogP contribution in [-0.4, -0.2) is 56.8 Å². The molecule has 22 heavy (non-hydrogen) atoms. The van der Waals surface area contributed by atoms with Crippen LogP contribution in [0, 0.1) is 5.92 Å². The number of fused-ring (bicyclic) bond motifs is 1. The van der Waals surface area contributed by atoms with Gasteiger partial charge in [0.25, 0.3) is 0 Å². The SMILES string of the molecule is CN1C2CCN(Cc3ccsc3)CC2C[C@H]1Cn1cncn1. The Morgan fingerprint density at radius 3 is 3.14 bits per heavy atom. The monoisotopic (exact) mass is 317 g/mol. The highest BCUT2D eigenvalue weighted by molar-refractivity contribution is 7.07. The highest BCUT2D eigenvalue weighted by atomic mass is 32.1. The Morgan fingerprint density at radius 1 is 1.41 bits per heavy atom. The second kappa shape index (κ2) is 6.10. The Kier molecular flexibility index (Phi) is 3.98. The lowest BCUT2D eigenvalue weighted by Crippen LogP contribution is -2.45. The van der Waals surface area contributed by atoms with E-state index in [1.807, 2.05) is 11.0 Å². The summed E-state index contributed by atoms with van der Waals surface area (Å²) in [5.74, 6) is 0.797. The summed E-state index contributed by atoms with van der Waals surface area (Å²) in [6, 6.07) is 3.59. The summed E-state index contributed by atoms with van der Waals surface area (Å²) < 4.78 is 1.97. The molecule has 5 nitrogen and oxygen atoms in total. The fourth-order valence-corrected chi connectivity index (χ4v) is 4.84. The van der Waals surface area contributed by atoms with E-state index in [4.69, 9.17) is 0 Å². The van der Waals surface area contributed by atoms with Gasteiger partial charge in [-0.2, -0.15) is 16.4 Å². The standard InChI is InChI=1S/C16H23N5S/c1-19-15(9-21-12-17-11-18-21)6-14-8-20(4-2-16(14)19)7-13-3-5-22-10-13/h3,5,10-12,14-16H,2,4,6-9H2,1H3/t14?,15-,16?/m0/s1. The molecule has 4 heterocycles. The van der Waals surface area contributed by atoms with Crippen molar-refractivity contribution in [1.82, 2.24) is 24.6 Å². The van der Waals surface area contributed by atoms with Crippen LogP contribution in [0.2, 0.25) is 0 Å². The van der Waals surface area contributed by atoms with Gasteiger partial charge in [0.2, 0.25) is 0 Å². The molecular weight excluding hydrogens is 294 g/mol. The second-order valence-electron chi connectivity index (χ2n) is 6.66. The molecule has 0 bridgehead atoms. The van der Waals surface area contributed by atoms with Crippen LogP contribution in [0.15, 0.2) is 29.5 Å². The predicted octanol–water partition coefficient (Wildman–Crippen LogP) is 1.93. The number of likely N-dealkylation sites (tertiary alicyclic amines) is 2. The number of rotatable bonds is 4. The van der Waals surface area contributed by atoms with Gasteiger partial charge < -0.3 is 0 Å². The lowest BCUT2D eigenvalue weighted by molar-refractivity contribution is 0.110. The van der Waals surface area contributed by atoms with Crippen LogP contribution >= 0.6 is 11.3 Å². The van der Waals surface area contributed by atoms with Crippen LogP contribution in [0.1, 0.15) is 18.4 Å². The Bertz CT molecular complexity index is 580. The van der Waals surface area contributed by atoms with E-state index in [0.29, 0.717) is 6.04 Å². The van der Waals surface area contributed by atoms with Gasteiger partial charge in [0, 0.05) is 25.2 Å². The maximum atomic E-state index is 4.27. The minimum absolute atomic E-state index is 0.595. The average molecular weight is 317 g/mol. The molecule has 0 N–H and O–H groups in total. The lowest BCUT2D eigenvalue weighted by Gasteiger charge is -2.37. The zero-order valence-electron chi connectivity index (χ0n) is 13.0. The second-order valence-corrected chi connectivity index (χ2v) is 7.44. The topological polar surface area (TPSA) is 37.2 Å². The maximum absolute atomic E-state index is 4.27.